The molecule has 10 heteroatoms. The lowest BCUT2D eigenvalue weighted by molar-refractivity contribution is 0.0502. The summed E-state index contributed by atoms with van der Waals surface area (Å²) in [5.74, 6) is -0.168. The Labute approximate surface area is 255 Å². The topological polar surface area (TPSA) is 122 Å². The van der Waals surface area contributed by atoms with E-state index < -0.39 is 15.6 Å². The molecule has 1 aliphatic heterocycles. The predicted octanol–water partition coefficient (Wildman–Crippen LogP) is 6.14. The predicted molar refractivity (Wildman–Crippen MR) is 169 cm³/mol. The molecule has 1 aliphatic rings. The molecule has 4 bridgehead atoms. The molecule has 9 nitrogen and oxygen atoms in total. The van der Waals surface area contributed by atoms with Gasteiger partial charge in [-0.05, 0) is 88.1 Å². The van der Waals surface area contributed by atoms with Crippen LogP contribution in [0.4, 0.5) is 5.95 Å². The Kier molecular flexibility index (Phi) is 9.51. The molecule has 1 amide bonds. The van der Waals surface area contributed by atoms with Gasteiger partial charge in [-0.3, -0.25) is 4.79 Å². The fourth-order valence-electron chi connectivity index (χ4n) is 5.47. The fraction of sp³-hybridized carbons (Fsp3) is 0.485. The van der Waals surface area contributed by atoms with Crippen LogP contribution in [0.2, 0.25) is 0 Å². The molecule has 0 fully saturated rings. The Morgan fingerprint density at radius 1 is 1.00 bits per heavy atom. The zero-order valence-corrected chi connectivity index (χ0v) is 27.1. The largest absolute Gasteiger partial charge is 0.475 e. The molecule has 0 radical (unpaired) electrons. The summed E-state index contributed by atoms with van der Waals surface area (Å²) in [6.07, 6.45) is 2.63. The first kappa shape index (κ1) is 32.4. The summed E-state index contributed by atoms with van der Waals surface area (Å²) in [4.78, 5) is 24.8. The average Bonchev–Trinajstić information content (AvgIpc) is 2.89. The summed E-state index contributed by atoms with van der Waals surface area (Å²) < 4.78 is 35.9. The number of sulfonamides is 1. The molecule has 0 aliphatic carbocycles. The van der Waals surface area contributed by atoms with Crippen LogP contribution >= 0.6 is 0 Å². The van der Waals surface area contributed by atoms with E-state index >= 15 is 0 Å². The van der Waals surface area contributed by atoms with Crippen molar-refractivity contribution in [3.8, 4) is 17.1 Å². The molecular formula is C33H44N4O5S. The molecule has 1 aromatic heterocycles. The number of aromatic nitrogens is 2. The quantitative estimate of drug-likeness (QED) is 0.309. The highest BCUT2D eigenvalue weighted by Crippen LogP contribution is 2.31. The maximum atomic E-state index is 14.1. The second-order valence-electron chi connectivity index (χ2n) is 13.3. The molecule has 0 saturated heterocycles. The van der Waals surface area contributed by atoms with Crippen LogP contribution in [0.25, 0.3) is 11.3 Å². The van der Waals surface area contributed by atoms with Crippen molar-refractivity contribution < 1.29 is 23.1 Å². The summed E-state index contributed by atoms with van der Waals surface area (Å²) in [6.45, 7) is 14.4. The van der Waals surface area contributed by atoms with Crippen molar-refractivity contribution in [3.05, 3.63) is 65.2 Å². The number of nitrogens with zero attached hydrogens (tertiary/aromatic N) is 3. The zero-order valence-electron chi connectivity index (χ0n) is 26.3. The Morgan fingerprint density at radius 2 is 1.67 bits per heavy atom. The van der Waals surface area contributed by atoms with Crippen LogP contribution in [-0.4, -0.2) is 59.1 Å². The van der Waals surface area contributed by atoms with E-state index in [9.17, 15) is 18.3 Å². The molecule has 4 rings (SSSR count). The Balaban J connectivity index is 1.83. The van der Waals surface area contributed by atoms with Gasteiger partial charge in [-0.1, -0.05) is 45.0 Å². The van der Waals surface area contributed by atoms with Crippen molar-refractivity contribution >= 4 is 21.9 Å². The SMILES string of the molecule is Cc1cccc(C)c1-c1cc2nc(n1)NS(=O)(=O)c1cccc(c1)C(=O)N(CCCCC(C)(C)O)[C@H](CC(C)(C)C)CO2. The molecule has 2 N–H and O–H groups in total. The van der Waals surface area contributed by atoms with Gasteiger partial charge in [-0.25, -0.2) is 18.1 Å². The van der Waals surface area contributed by atoms with Crippen LogP contribution < -0.4 is 9.46 Å². The number of rotatable bonds is 7. The van der Waals surface area contributed by atoms with Gasteiger partial charge in [0, 0.05) is 23.7 Å². The number of anilines is 1. The number of ether oxygens (including phenoxy) is 1. The van der Waals surface area contributed by atoms with Gasteiger partial charge < -0.3 is 14.7 Å². The zero-order chi connectivity index (χ0) is 31.6. The fourth-order valence-corrected chi connectivity index (χ4v) is 6.46. The summed E-state index contributed by atoms with van der Waals surface area (Å²) in [6, 6.07) is 13.4. The van der Waals surface area contributed by atoms with Crippen LogP contribution in [0.5, 0.6) is 5.88 Å². The number of carbonyl (C=O) groups is 1. The number of aliphatic hydroxyl groups is 1. The van der Waals surface area contributed by atoms with Crippen LogP contribution in [0.15, 0.2) is 53.4 Å². The van der Waals surface area contributed by atoms with Crippen LogP contribution in [0.1, 0.15) is 81.8 Å². The third-order valence-corrected chi connectivity index (χ3v) is 8.79. The third-order valence-electron chi connectivity index (χ3n) is 7.47. The minimum Gasteiger partial charge on any atom is -0.475 e. The number of carbonyl (C=O) groups excluding carboxylic acids is 1. The molecule has 0 saturated carbocycles. The monoisotopic (exact) mass is 608 g/mol. The van der Waals surface area contributed by atoms with Crippen molar-refractivity contribution in [2.24, 2.45) is 5.41 Å². The molecule has 43 heavy (non-hydrogen) atoms. The standard InChI is InChI=1S/C33H44N4O5S/c1-22-12-10-13-23(2)29(22)27-19-28-35-31(34-27)36-43(40,41)26-15-11-14-24(18-26)30(38)37(17-9-8-16-33(6,7)39)25(21-42-28)20-32(3,4)5/h10-15,18-19,25,39H,8-9,16-17,20-21H2,1-7H3,(H,34,35,36)/t25-/m1/s1. The third kappa shape index (κ3) is 8.54. The second-order valence-corrected chi connectivity index (χ2v) is 15.0. The van der Waals surface area contributed by atoms with E-state index in [2.05, 4.69) is 35.5 Å². The highest BCUT2D eigenvalue weighted by atomic mass is 32.2. The molecule has 0 unspecified atom stereocenters. The van der Waals surface area contributed by atoms with Gasteiger partial charge >= 0.3 is 0 Å². The highest BCUT2D eigenvalue weighted by Gasteiger charge is 2.31. The van der Waals surface area contributed by atoms with E-state index in [4.69, 9.17) is 4.74 Å². The molecule has 3 aromatic rings. The van der Waals surface area contributed by atoms with Crippen LogP contribution in [-0.2, 0) is 10.0 Å². The lowest BCUT2D eigenvalue weighted by Gasteiger charge is -2.36. The summed E-state index contributed by atoms with van der Waals surface area (Å²) in [5.41, 5.74) is 2.71. The number of unbranched alkanes of at least 4 members (excludes halogenated alkanes) is 1. The minimum atomic E-state index is -4.13. The smallest absolute Gasteiger partial charge is 0.264 e. The number of fused-ring (bicyclic) bond motifs is 4. The van der Waals surface area contributed by atoms with Crippen molar-refractivity contribution in [2.75, 3.05) is 17.9 Å². The Morgan fingerprint density at radius 3 is 2.33 bits per heavy atom. The number of hydrogen-bond acceptors (Lipinski definition) is 7. The Hall–Kier alpha value is -3.50. The van der Waals surface area contributed by atoms with Gasteiger partial charge in [0.15, 0.2) is 0 Å². The molecule has 2 heterocycles. The van der Waals surface area contributed by atoms with Gasteiger partial charge in [0.2, 0.25) is 11.8 Å². The van der Waals surface area contributed by atoms with Crippen molar-refractivity contribution in [1.29, 1.82) is 0 Å². The molecule has 2 aromatic carbocycles. The second kappa shape index (κ2) is 12.6. The number of hydrogen-bond donors (Lipinski definition) is 2. The molecule has 232 valence electrons. The maximum absolute atomic E-state index is 14.1. The summed E-state index contributed by atoms with van der Waals surface area (Å²) in [5, 5.41) is 10.2. The van der Waals surface area contributed by atoms with E-state index in [0.29, 0.717) is 31.5 Å². The number of amides is 1. The van der Waals surface area contributed by atoms with Crippen molar-refractivity contribution in [1.82, 2.24) is 14.9 Å². The lowest BCUT2D eigenvalue weighted by atomic mass is 9.87. The normalized spacial score (nSPS) is 17.3. The number of nitrogens with one attached hydrogen (secondary N) is 1. The van der Waals surface area contributed by atoms with Gasteiger partial charge in [0.1, 0.15) is 6.61 Å². The van der Waals surface area contributed by atoms with Crippen LogP contribution in [0.3, 0.4) is 0 Å². The molecule has 1 atom stereocenters. The lowest BCUT2D eigenvalue weighted by Crippen LogP contribution is -2.46. The number of benzene rings is 2. The Bertz CT molecular complexity index is 1550. The summed E-state index contributed by atoms with van der Waals surface area (Å²) >= 11 is 0. The minimum absolute atomic E-state index is 0.0597. The van der Waals surface area contributed by atoms with E-state index in [1.807, 2.05) is 32.0 Å². The van der Waals surface area contributed by atoms with E-state index in [1.165, 1.54) is 12.1 Å². The van der Waals surface area contributed by atoms with E-state index in [1.54, 1.807) is 36.9 Å². The van der Waals surface area contributed by atoms with Crippen molar-refractivity contribution in [2.45, 2.75) is 90.7 Å². The first-order chi connectivity index (χ1) is 20.0. The summed E-state index contributed by atoms with van der Waals surface area (Å²) in [7, 11) is -4.13. The maximum Gasteiger partial charge on any atom is 0.264 e. The molecule has 0 spiro atoms. The van der Waals surface area contributed by atoms with Gasteiger partial charge in [-0.2, -0.15) is 4.98 Å². The average molecular weight is 609 g/mol. The highest BCUT2D eigenvalue weighted by molar-refractivity contribution is 7.92. The first-order valence-electron chi connectivity index (χ1n) is 14.8. The van der Waals surface area contributed by atoms with Crippen molar-refractivity contribution in [3.63, 3.8) is 0 Å². The number of aryl methyl sites for hydroxylation is 2. The van der Waals surface area contributed by atoms with Gasteiger partial charge in [0.05, 0.1) is 22.2 Å². The van der Waals surface area contributed by atoms with E-state index in [-0.39, 0.29) is 46.3 Å². The van der Waals surface area contributed by atoms with Crippen LogP contribution in [0, 0.1) is 19.3 Å². The van der Waals surface area contributed by atoms with Gasteiger partial charge in [-0.15, -0.1) is 0 Å². The molecular weight excluding hydrogens is 564 g/mol. The van der Waals surface area contributed by atoms with Gasteiger partial charge in [0.25, 0.3) is 15.9 Å². The van der Waals surface area contributed by atoms with E-state index in [0.717, 1.165) is 23.1 Å². The first-order valence-corrected chi connectivity index (χ1v) is 16.3.